The van der Waals surface area contributed by atoms with Gasteiger partial charge in [0.05, 0.1) is 0 Å². The highest BCUT2D eigenvalue weighted by Crippen LogP contribution is 2.21. The molecule has 3 heteroatoms. The Morgan fingerprint density at radius 1 is 1.38 bits per heavy atom. The summed E-state index contributed by atoms with van der Waals surface area (Å²) in [5.74, 6) is 0. The topological polar surface area (TPSA) is 36.0 Å². The summed E-state index contributed by atoms with van der Waals surface area (Å²) in [5, 5.41) is 10.7. The third kappa shape index (κ3) is 1.55. The average Bonchev–Trinajstić information content (AvgIpc) is 2.49. The number of nitrogens with one attached hydrogen (secondary N) is 1. The highest BCUT2D eigenvalue weighted by molar-refractivity contribution is 6.31. The van der Waals surface area contributed by atoms with Crippen molar-refractivity contribution in [1.82, 2.24) is 4.98 Å². The molecule has 1 aromatic heterocycles. The Morgan fingerprint density at radius 3 is 3.00 bits per heavy atom. The molecular formula is C10H10ClNO. The normalized spacial score (nSPS) is 10.9. The predicted molar refractivity (Wildman–Crippen MR) is 54.1 cm³/mol. The van der Waals surface area contributed by atoms with Crippen molar-refractivity contribution >= 4 is 22.5 Å². The molecule has 0 bridgehead atoms. The van der Waals surface area contributed by atoms with E-state index in [1.54, 1.807) is 0 Å². The first-order valence-corrected chi connectivity index (χ1v) is 4.55. The Kier molecular flexibility index (Phi) is 2.25. The summed E-state index contributed by atoms with van der Waals surface area (Å²) in [4.78, 5) is 3.12. The fourth-order valence-electron chi connectivity index (χ4n) is 1.49. The minimum Gasteiger partial charge on any atom is -0.396 e. The number of fused-ring (bicyclic) bond motifs is 1. The van der Waals surface area contributed by atoms with Gasteiger partial charge in [-0.05, 0) is 24.1 Å². The Bertz CT molecular complexity index is 422. The number of hydrogen-bond acceptors (Lipinski definition) is 1. The van der Waals surface area contributed by atoms with E-state index in [0.29, 0.717) is 6.42 Å². The van der Waals surface area contributed by atoms with E-state index in [0.717, 1.165) is 21.5 Å². The number of aliphatic hydroxyl groups is 1. The summed E-state index contributed by atoms with van der Waals surface area (Å²) in [6, 6.07) is 5.72. The van der Waals surface area contributed by atoms with Gasteiger partial charge in [-0.2, -0.15) is 0 Å². The molecule has 0 aliphatic heterocycles. The first kappa shape index (κ1) is 8.60. The number of benzene rings is 1. The molecule has 68 valence electrons. The molecule has 1 aromatic carbocycles. The molecule has 0 aliphatic carbocycles. The van der Waals surface area contributed by atoms with Crippen molar-refractivity contribution in [3.8, 4) is 0 Å². The van der Waals surface area contributed by atoms with Gasteiger partial charge in [0, 0.05) is 28.7 Å². The van der Waals surface area contributed by atoms with Crippen molar-refractivity contribution in [1.29, 1.82) is 0 Å². The highest BCUT2D eigenvalue weighted by atomic mass is 35.5. The molecule has 2 aromatic rings. The van der Waals surface area contributed by atoms with Gasteiger partial charge in [-0.25, -0.2) is 0 Å². The van der Waals surface area contributed by atoms with E-state index in [-0.39, 0.29) is 6.61 Å². The van der Waals surface area contributed by atoms with Crippen LogP contribution >= 0.6 is 11.6 Å². The third-order valence-corrected chi connectivity index (χ3v) is 2.35. The maximum absolute atomic E-state index is 8.81. The second-order valence-electron chi connectivity index (χ2n) is 2.98. The second kappa shape index (κ2) is 3.40. The van der Waals surface area contributed by atoms with Crippen LogP contribution in [0.2, 0.25) is 5.02 Å². The largest absolute Gasteiger partial charge is 0.396 e. The van der Waals surface area contributed by atoms with Crippen LogP contribution in [-0.2, 0) is 6.42 Å². The van der Waals surface area contributed by atoms with Crippen molar-refractivity contribution in [2.24, 2.45) is 0 Å². The zero-order valence-corrected chi connectivity index (χ0v) is 7.80. The molecule has 0 fully saturated rings. The van der Waals surface area contributed by atoms with Crippen LogP contribution < -0.4 is 0 Å². The minimum atomic E-state index is 0.176. The molecule has 0 saturated heterocycles. The van der Waals surface area contributed by atoms with Crippen molar-refractivity contribution in [3.05, 3.63) is 35.0 Å². The van der Waals surface area contributed by atoms with Gasteiger partial charge in [-0.1, -0.05) is 17.7 Å². The quantitative estimate of drug-likeness (QED) is 0.759. The number of halogens is 1. The summed E-state index contributed by atoms with van der Waals surface area (Å²) >= 11 is 5.84. The summed E-state index contributed by atoms with van der Waals surface area (Å²) in [5.41, 5.74) is 2.16. The molecule has 0 unspecified atom stereocenters. The maximum Gasteiger partial charge on any atom is 0.0472 e. The lowest BCUT2D eigenvalue weighted by molar-refractivity contribution is 0.300. The number of rotatable bonds is 2. The standard InChI is InChI=1S/C10H10ClNO/c11-8-1-2-9-7(3-4-13)6-12-10(9)5-8/h1-2,5-6,12-13H,3-4H2. The highest BCUT2D eigenvalue weighted by Gasteiger charge is 2.02. The van der Waals surface area contributed by atoms with Crippen LogP contribution in [0, 0.1) is 0 Å². The molecule has 2 rings (SSSR count). The van der Waals surface area contributed by atoms with Crippen LogP contribution in [0.4, 0.5) is 0 Å². The monoisotopic (exact) mass is 195 g/mol. The van der Waals surface area contributed by atoms with E-state index in [1.165, 1.54) is 0 Å². The number of aromatic amines is 1. The fraction of sp³-hybridized carbons (Fsp3) is 0.200. The van der Waals surface area contributed by atoms with E-state index in [4.69, 9.17) is 16.7 Å². The van der Waals surface area contributed by atoms with Gasteiger partial charge in [-0.15, -0.1) is 0 Å². The van der Waals surface area contributed by atoms with Crippen LogP contribution in [0.15, 0.2) is 24.4 Å². The predicted octanol–water partition coefficient (Wildman–Crippen LogP) is 2.36. The van der Waals surface area contributed by atoms with Gasteiger partial charge in [0.2, 0.25) is 0 Å². The van der Waals surface area contributed by atoms with Crippen molar-refractivity contribution in [3.63, 3.8) is 0 Å². The van der Waals surface area contributed by atoms with Crippen LogP contribution in [-0.4, -0.2) is 16.7 Å². The second-order valence-corrected chi connectivity index (χ2v) is 3.41. The summed E-state index contributed by atoms with van der Waals surface area (Å²) in [7, 11) is 0. The van der Waals surface area contributed by atoms with E-state index in [1.807, 2.05) is 24.4 Å². The Hall–Kier alpha value is -0.990. The van der Waals surface area contributed by atoms with Crippen LogP contribution in [0.25, 0.3) is 10.9 Å². The molecular weight excluding hydrogens is 186 g/mol. The SMILES string of the molecule is OCCc1c[nH]c2cc(Cl)ccc12. The molecule has 0 atom stereocenters. The van der Waals surface area contributed by atoms with Gasteiger partial charge in [0.1, 0.15) is 0 Å². The maximum atomic E-state index is 8.81. The van der Waals surface area contributed by atoms with E-state index < -0.39 is 0 Å². The van der Waals surface area contributed by atoms with Crippen molar-refractivity contribution < 1.29 is 5.11 Å². The molecule has 2 N–H and O–H groups in total. The minimum absolute atomic E-state index is 0.176. The van der Waals surface area contributed by atoms with Gasteiger partial charge < -0.3 is 10.1 Å². The summed E-state index contributed by atoms with van der Waals surface area (Å²) in [6.45, 7) is 0.176. The first-order valence-electron chi connectivity index (χ1n) is 4.17. The molecule has 0 aliphatic rings. The summed E-state index contributed by atoms with van der Waals surface area (Å²) in [6.07, 6.45) is 2.60. The molecule has 0 amide bonds. The van der Waals surface area contributed by atoms with Gasteiger partial charge in [-0.3, -0.25) is 0 Å². The number of H-pyrrole nitrogens is 1. The van der Waals surface area contributed by atoms with Gasteiger partial charge in [0.25, 0.3) is 0 Å². The molecule has 13 heavy (non-hydrogen) atoms. The van der Waals surface area contributed by atoms with E-state index in [2.05, 4.69) is 4.98 Å². The zero-order chi connectivity index (χ0) is 9.26. The van der Waals surface area contributed by atoms with Gasteiger partial charge >= 0.3 is 0 Å². The Morgan fingerprint density at radius 2 is 2.23 bits per heavy atom. The van der Waals surface area contributed by atoms with E-state index in [9.17, 15) is 0 Å². The molecule has 0 saturated carbocycles. The molecule has 0 spiro atoms. The van der Waals surface area contributed by atoms with E-state index >= 15 is 0 Å². The summed E-state index contributed by atoms with van der Waals surface area (Å²) < 4.78 is 0. The van der Waals surface area contributed by atoms with Crippen LogP contribution in [0.1, 0.15) is 5.56 Å². The van der Waals surface area contributed by atoms with Crippen LogP contribution in [0.3, 0.4) is 0 Å². The smallest absolute Gasteiger partial charge is 0.0472 e. The molecule has 2 nitrogen and oxygen atoms in total. The van der Waals surface area contributed by atoms with Crippen molar-refractivity contribution in [2.75, 3.05) is 6.61 Å². The lowest BCUT2D eigenvalue weighted by Crippen LogP contribution is -1.87. The van der Waals surface area contributed by atoms with Crippen molar-refractivity contribution in [2.45, 2.75) is 6.42 Å². The number of hydrogen-bond donors (Lipinski definition) is 2. The Balaban J connectivity index is 2.55. The van der Waals surface area contributed by atoms with Gasteiger partial charge in [0.15, 0.2) is 0 Å². The fourth-order valence-corrected chi connectivity index (χ4v) is 1.66. The number of aromatic nitrogens is 1. The number of aliphatic hydroxyl groups excluding tert-OH is 1. The lowest BCUT2D eigenvalue weighted by Gasteiger charge is -1.95. The third-order valence-electron chi connectivity index (χ3n) is 2.11. The Labute approximate surface area is 81.1 Å². The average molecular weight is 196 g/mol. The van der Waals surface area contributed by atoms with Crippen LogP contribution in [0.5, 0.6) is 0 Å². The first-order chi connectivity index (χ1) is 6.31. The zero-order valence-electron chi connectivity index (χ0n) is 7.05. The molecule has 0 radical (unpaired) electrons. The lowest BCUT2D eigenvalue weighted by atomic mass is 10.1. The molecule has 1 heterocycles.